The maximum Gasteiger partial charge on any atom is 0.137 e. The van der Waals surface area contributed by atoms with Crippen LogP contribution in [0.3, 0.4) is 0 Å². The molecule has 142 valence electrons. The number of hydrogen-bond donors (Lipinski definition) is 0. The van der Waals surface area contributed by atoms with E-state index < -0.39 is 0 Å². The zero-order valence-corrected chi connectivity index (χ0v) is 17.2. The largest absolute Gasteiger partial charge is 0.492 e. The summed E-state index contributed by atoms with van der Waals surface area (Å²) in [6, 6.07) is 14.8. The lowest BCUT2D eigenvalue weighted by Crippen LogP contribution is -1.98. The Balaban J connectivity index is 1.73. The molecule has 26 heavy (non-hydrogen) atoms. The fourth-order valence-electron chi connectivity index (χ4n) is 3.15. The van der Waals surface area contributed by atoms with Gasteiger partial charge in [-0.15, -0.1) is 0 Å². The van der Waals surface area contributed by atoms with E-state index in [0.717, 1.165) is 30.8 Å². The molecule has 2 rings (SSSR count). The van der Waals surface area contributed by atoms with Gasteiger partial charge in [-0.1, -0.05) is 101 Å². The highest BCUT2D eigenvalue weighted by molar-refractivity contribution is 6.32. The molecule has 0 aliphatic carbocycles. The Bertz CT molecular complexity index is 633. The lowest BCUT2D eigenvalue weighted by molar-refractivity contribution is 0.304. The molecule has 1 nitrogen and oxygen atoms in total. The summed E-state index contributed by atoms with van der Waals surface area (Å²) < 4.78 is 5.88. The minimum atomic E-state index is 0.696. The van der Waals surface area contributed by atoms with Crippen LogP contribution in [0.25, 0.3) is 11.1 Å². The molecule has 0 atom stereocenters. The van der Waals surface area contributed by atoms with Crippen LogP contribution in [0.2, 0.25) is 5.02 Å². The summed E-state index contributed by atoms with van der Waals surface area (Å²) in [5.41, 5.74) is 3.68. The molecule has 0 bridgehead atoms. The van der Waals surface area contributed by atoms with Gasteiger partial charge in [-0.25, -0.2) is 0 Å². The Labute approximate surface area is 164 Å². The molecule has 0 aromatic heterocycles. The first-order valence-corrected chi connectivity index (χ1v) is 10.6. The predicted octanol–water partition coefficient (Wildman–Crippen LogP) is 8.09. The lowest BCUT2D eigenvalue weighted by atomic mass is 10.0. The van der Waals surface area contributed by atoms with Crippen molar-refractivity contribution in [3.63, 3.8) is 0 Å². The van der Waals surface area contributed by atoms with Gasteiger partial charge in [0.2, 0.25) is 0 Å². The van der Waals surface area contributed by atoms with Crippen molar-refractivity contribution in [2.45, 2.75) is 71.6 Å². The normalized spacial score (nSPS) is 10.9. The number of aryl methyl sites for hydroxylation is 1. The van der Waals surface area contributed by atoms with E-state index in [1.54, 1.807) is 0 Å². The van der Waals surface area contributed by atoms with Crippen molar-refractivity contribution < 1.29 is 4.74 Å². The highest BCUT2D eigenvalue weighted by Crippen LogP contribution is 2.30. The Hall–Kier alpha value is -1.47. The van der Waals surface area contributed by atoms with Crippen LogP contribution in [0.1, 0.15) is 70.8 Å². The highest BCUT2D eigenvalue weighted by Gasteiger charge is 2.05. The molecule has 2 aromatic rings. The standard InChI is InChI=1S/C24H33ClO/c1-3-5-6-7-8-9-10-11-18-26-24-17-16-22(19-23(24)25)21-14-12-20(4-2)13-15-21/h12-17,19H,3-11,18H2,1-2H3. The van der Waals surface area contributed by atoms with Gasteiger partial charge in [0.05, 0.1) is 11.6 Å². The second-order valence-corrected chi connectivity index (χ2v) is 7.43. The zero-order valence-electron chi connectivity index (χ0n) is 16.4. The minimum Gasteiger partial charge on any atom is -0.492 e. The van der Waals surface area contributed by atoms with E-state index >= 15 is 0 Å². The van der Waals surface area contributed by atoms with Gasteiger partial charge in [0.25, 0.3) is 0 Å². The van der Waals surface area contributed by atoms with Gasteiger partial charge in [0.15, 0.2) is 0 Å². The SMILES string of the molecule is CCCCCCCCCCOc1ccc(-c2ccc(CC)cc2)cc1Cl. The molecule has 2 heteroatoms. The third-order valence-corrected chi connectivity index (χ3v) is 5.18. The first-order chi connectivity index (χ1) is 12.7. The van der Waals surface area contributed by atoms with Crippen molar-refractivity contribution >= 4 is 11.6 Å². The lowest BCUT2D eigenvalue weighted by Gasteiger charge is -2.10. The molecule has 0 fully saturated rings. The quantitative estimate of drug-likeness (QED) is 0.342. The fourth-order valence-corrected chi connectivity index (χ4v) is 3.38. The number of unbranched alkanes of at least 4 members (excludes halogenated alkanes) is 7. The second-order valence-electron chi connectivity index (χ2n) is 7.02. The maximum atomic E-state index is 6.42. The summed E-state index contributed by atoms with van der Waals surface area (Å²) in [6.07, 6.45) is 11.5. The average Bonchev–Trinajstić information content (AvgIpc) is 2.68. The summed E-state index contributed by atoms with van der Waals surface area (Å²) in [7, 11) is 0. The van der Waals surface area contributed by atoms with E-state index in [9.17, 15) is 0 Å². The number of ether oxygens (including phenoxy) is 1. The highest BCUT2D eigenvalue weighted by atomic mass is 35.5. The first kappa shape index (κ1) is 20.8. The van der Waals surface area contributed by atoms with Crippen molar-refractivity contribution in [2.75, 3.05) is 6.61 Å². The molecular formula is C24H33ClO. The molecule has 0 unspecified atom stereocenters. The number of halogens is 1. The average molecular weight is 373 g/mol. The fraction of sp³-hybridized carbons (Fsp3) is 0.500. The van der Waals surface area contributed by atoms with Crippen LogP contribution in [0.15, 0.2) is 42.5 Å². The first-order valence-electron chi connectivity index (χ1n) is 10.3. The minimum absolute atomic E-state index is 0.696. The Morgan fingerprint density at radius 2 is 1.35 bits per heavy atom. The molecule has 2 aromatic carbocycles. The predicted molar refractivity (Wildman–Crippen MR) is 114 cm³/mol. The third kappa shape index (κ3) is 7.03. The Kier molecular flexibility index (Phi) is 9.63. The van der Waals surface area contributed by atoms with E-state index in [2.05, 4.69) is 44.2 Å². The van der Waals surface area contributed by atoms with Crippen molar-refractivity contribution in [1.29, 1.82) is 0 Å². The van der Waals surface area contributed by atoms with Crippen LogP contribution >= 0.6 is 11.6 Å². The molecule has 0 saturated heterocycles. The summed E-state index contributed by atoms with van der Waals surface area (Å²) in [5, 5.41) is 0.696. The summed E-state index contributed by atoms with van der Waals surface area (Å²) >= 11 is 6.42. The Morgan fingerprint density at radius 1 is 0.731 bits per heavy atom. The molecule has 0 amide bonds. The zero-order chi connectivity index (χ0) is 18.6. The maximum absolute atomic E-state index is 6.42. The van der Waals surface area contributed by atoms with Gasteiger partial charge in [0, 0.05) is 0 Å². The van der Waals surface area contributed by atoms with Gasteiger partial charge in [-0.2, -0.15) is 0 Å². The molecule has 0 radical (unpaired) electrons. The van der Waals surface area contributed by atoms with Gasteiger partial charge >= 0.3 is 0 Å². The molecule has 0 saturated carbocycles. The van der Waals surface area contributed by atoms with Crippen LogP contribution in [-0.2, 0) is 6.42 Å². The van der Waals surface area contributed by atoms with Crippen LogP contribution in [-0.4, -0.2) is 6.61 Å². The van der Waals surface area contributed by atoms with E-state index in [1.165, 1.54) is 56.1 Å². The molecule has 0 N–H and O–H groups in total. The molecule has 0 aliphatic heterocycles. The number of benzene rings is 2. The van der Waals surface area contributed by atoms with Gasteiger partial charge in [0.1, 0.15) is 5.75 Å². The summed E-state index contributed by atoms with van der Waals surface area (Å²) in [6.45, 7) is 5.18. The number of rotatable bonds is 12. The van der Waals surface area contributed by atoms with E-state index in [-0.39, 0.29) is 0 Å². The van der Waals surface area contributed by atoms with E-state index in [0.29, 0.717) is 5.02 Å². The topological polar surface area (TPSA) is 9.23 Å². The van der Waals surface area contributed by atoms with Crippen molar-refractivity contribution in [2.24, 2.45) is 0 Å². The van der Waals surface area contributed by atoms with Crippen LogP contribution in [0, 0.1) is 0 Å². The number of hydrogen-bond acceptors (Lipinski definition) is 1. The molecule has 0 aliphatic rings. The van der Waals surface area contributed by atoms with Crippen molar-refractivity contribution in [1.82, 2.24) is 0 Å². The summed E-state index contributed by atoms with van der Waals surface area (Å²) in [5.74, 6) is 0.795. The smallest absolute Gasteiger partial charge is 0.137 e. The molecule has 0 spiro atoms. The van der Waals surface area contributed by atoms with Crippen LogP contribution in [0.5, 0.6) is 5.75 Å². The molecule has 0 heterocycles. The third-order valence-electron chi connectivity index (χ3n) is 4.88. The van der Waals surface area contributed by atoms with Gasteiger partial charge < -0.3 is 4.74 Å². The van der Waals surface area contributed by atoms with Gasteiger partial charge in [-0.05, 0) is 41.7 Å². The van der Waals surface area contributed by atoms with Crippen LogP contribution in [0.4, 0.5) is 0 Å². The van der Waals surface area contributed by atoms with Crippen molar-refractivity contribution in [3.05, 3.63) is 53.1 Å². The summed E-state index contributed by atoms with van der Waals surface area (Å²) in [4.78, 5) is 0. The van der Waals surface area contributed by atoms with Crippen molar-refractivity contribution in [3.8, 4) is 16.9 Å². The van der Waals surface area contributed by atoms with E-state index in [4.69, 9.17) is 16.3 Å². The monoisotopic (exact) mass is 372 g/mol. The molecular weight excluding hydrogens is 340 g/mol. The van der Waals surface area contributed by atoms with E-state index in [1.807, 2.05) is 12.1 Å². The second kappa shape index (κ2) is 12.0. The van der Waals surface area contributed by atoms with Gasteiger partial charge in [-0.3, -0.25) is 0 Å². The Morgan fingerprint density at radius 3 is 1.96 bits per heavy atom. The van der Waals surface area contributed by atoms with Crippen LogP contribution < -0.4 is 4.74 Å².